The SMILES string of the molecule is Cc1coc(SCCNCc2sccc2C)n1. The number of nitrogens with zero attached hydrogens (tertiary/aromatic N) is 1. The zero-order valence-corrected chi connectivity index (χ0v) is 11.7. The standard InChI is InChI=1S/C12H16N2OS2/c1-9-3-5-16-11(9)7-13-4-6-17-12-14-10(2)8-15-12/h3,5,8,13H,4,6-7H2,1-2H3. The fraction of sp³-hybridized carbons (Fsp3) is 0.417. The molecule has 0 amide bonds. The Morgan fingerprint density at radius 2 is 2.35 bits per heavy atom. The summed E-state index contributed by atoms with van der Waals surface area (Å²) in [4.78, 5) is 5.66. The third-order valence-corrected chi connectivity index (χ3v) is 4.22. The van der Waals surface area contributed by atoms with E-state index in [2.05, 4.69) is 28.7 Å². The van der Waals surface area contributed by atoms with Crippen LogP contribution in [-0.4, -0.2) is 17.3 Å². The number of thioether (sulfide) groups is 1. The maximum Gasteiger partial charge on any atom is 0.255 e. The average Bonchev–Trinajstić information content (AvgIpc) is 2.88. The topological polar surface area (TPSA) is 38.1 Å². The molecule has 2 aromatic heterocycles. The Kier molecular flexibility index (Phi) is 4.65. The summed E-state index contributed by atoms with van der Waals surface area (Å²) in [5, 5.41) is 6.32. The van der Waals surface area contributed by atoms with Crippen molar-refractivity contribution in [2.75, 3.05) is 12.3 Å². The van der Waals surface area contributed by atoms with Gasteiger partial charge in [0.25, 0.3) is 5.22 Å². The highest BCUT2D eigenvalue weighted by molar-refractivity contribution is 7.99. The molecule has 0 bridgehead atoms. The Hall–Kier alpha value is -0.780. The fourth-order valence-corrected chi connectivity index (χ4v) is 3.02. The normalized spacial score (nSPS) is 10.9. The van der Waals surface area contributed by atoms with Crippen LogP contribution in [0.4, 0.5) is 0 Å². The van der Waals surface area contributed by atoms with Crippen molar-refractivity contribution in [2.45, 2.75) is 25.6 Å². The van der Waals surface area contributed by atoms with Crippen molar-refractivity contribution in [2.24, 2.45) is 0 Å². The van der Waals surface area contributed by atoms with Crippen LogP contribution in [0.25, 0.3) is 0 Å². The van der Waals surface area contributed by atoms with Gasteiger partial charge >= 0.3 is 0 Å². The van der Waals surface area contributed by atoms with Crippen LogP contribution < -0.4 is 5.32 Å². The molecule has 0 aliphatic carbocycles. The quantitative estimate of drug-likeness (QED) is 0.645. The van der Waals surface area contributed by atoms with Crippen molar-refractivity contribution in [3.05, 3.63) is 33.8 Å². The summed E-state index contributed by atoms with van der Waals surface area (Å²) in [6.07, 6.45) is 1.69. The third kappa shape index (κ3) is 3.87. The highest BCUT2D eigenvalue weighted by Crippen LogP contribution is 2.17. The minimum atomic E-state index is 0.761. The lowest BCUT2D eigenvalue weighted by Gasteiger charge is -2.02. The maximum absolute atomic E-state index is 5.26. The monoisotopic (exact) mass is 268 g/mol. The molecule has 0 aliphatic rings. The van der Waals surface area contributed by atoms with E-state index in [9.17, 15) is 0 Å². The van der Waals surface area contributed by atoms with Gasteiger partial charge < -0.3 is 9.73 Å². The second-order valence-electron chi connectivity index (χ2n) is 3.81. The first-order valence-electron chi connectivity index (χ1n) is 5.54. The van der Waals surface area contributed by atoms with Crippen LogP contribution in [0.2, 0.25) is 0 Å². The number of rotatable bonds is 6. The van der Waals surface area contributed by atoms with E-state index in [1.165, 1.54) is 10.4 Å². The van der Waals surface area contributed by atoms with E-state index in [1.807, 2.05) is 18.3 Å². The average molecular weight is 268 g/mol. The largest absolute Gasteiger partial charge is 0.440 e. The summed E-state index contributed by atoms with van der Waals surface area (Å²) < 4.78 is 5.26. The van der Waals surface area contributed by atoms with E-state index in [-0.39, 0.29) is 0 Å². The molecule has 0 fully saturated rings. The Morgan fingerprint density at radius 3 is 3.00 bits per heavy atom. The van der Waals surface area contributed by atoms with Gasteiger partial charge in [0, 0.05) is 23.7 Å². The first-order valence-corrected chi connectivity index (χ1v) is 7.41. The van der Waals surface area contributed by atoms with Gasteiger partial charge in [-0.25, -0.2) is 4.98 Å². The van der Waals surface area contributed by atoms with Crippen molar-refractivity contribution in [1.82, 2.24) is 10.3 Å². The van der Waals surface area contributed by atoms with Crippen LogP contribution in [0.5, 0.6) is 0 Å². The van der Waals surface area contributed by atoms with Gasteiger partial charge in [-0.05, 0) is 30.9 Å². The molecule has 1 N–H and O–H groups in total. The highest BCUT2D eigenvalue weighted by Gasteiger charge is 2.01. The smallest absolute Gasteiger partial charge is 0.255 e. The second-order valence-corrected chi connectivity index (χ2v) is 5.85. The van der Waals surface area contributed by atoms with Gasteiger partial charge in [0.2, 0.25) is 0 Å². The number of nitrogens with one attached hydrogen (secondary N) is 1. The summed E-state index contributed by atoms with van der Waals surface area (Å²) in [6, 6.07) is 2.16. The van der Waals surface area contributed by atoms with Crippen LogP contribution in [0.3, 0.4) is 0 Å². The van der Waals surface area contributed by atoms with Crippen molar-refractivity contribution in [3.63, 3.8) is 0 Å². The van der Waals surface area contributed by atoms with Crippen LogP contribution >= 0.6 is 23.1 Å². The maximum atomic E-state index is 5.26. The van der Waals surface area contributed by atoms with E-state index in [0.29, 0.717) is 0 Å². The van der Waals surface area contributed by atoms with E-state index >= 15 is 0 Å². The summed E-state index contributed by atoms with van der Waals surface area (Å²) in [5.74, 6) is 0.977. The summed E-state index contributed by atoms with van der Waals surface area (Å²) in [5.41, 5.74) is 2.31. The minimum absolute atomic E-state index is 0.761. The van der Waals surface area contributed by atoms with E-state index in [1.54, 1.807) is 18.0 Å². The first-order chi connectivity index (χ1) is 8.25. The summed E-state index contributed by atoms with van der Waals surface area (Å²) in [7, 11) is 0. The molecule has 0 radical (unpaired) electrons. The summed E-state index contributed by atoms with van der Waals surface area (Å²) >= 11 is 3.45. The molecule has 0 saturated carbocycles. The lowest BCUT2D eigenvalue weighted by Crippen LogP contribution is -2.16. The predicted molar refractivity (Wildman–Crippen MR) is 72.7 cm³/mol. The Balaban J connectivity index is 1.62. The van der Waals surface area contributed by atoms with Gasteiger partial charge in [0.05, 0.1) is 5.69 Å². The third-order valence-electron chi connectivity index (χ3n) is 2.36. The van der Waals surface area contributed by atoms with Gasteiger partial charge in [-0.15, -0.1) is 11.3 Å². The Morgan fingerprint density at radius 1 is 1.47 bits per heavy atom. The van der Waals surface area contributed by atoms with Gasteiger partial charge in [0.1, 0.15) is 6.26 Å². The number of hydrogen-bond donors (Lipinski definition) is 1. The molecule has 0 aromatic carbocycles. The molecule has 17 heavy (non-hydrogen) atoms. The first kappa shape index (κ1) is 12.7. The molecule has 3 nitrogen and oxygen atoms in total. The van der Waals surface area contributed by atoms with Crippen molar-refractivity contribution >= 4 is 23.1 Å². The van der Waals surface area contributed by atoms with Gasteiger partial charge in [0.15, 0.2) is 0 Å². The molecule has 2 heterocycles. The molecule has 0 atom stereocenters. The van der Waals surface area contributed by atoms with Crippen molar-refractivity contribution in [3.8, 4) is 0 Å². The molecule has 0 unspecified atom stereocenters. The number of oxazole rings is 1. The molecule has 0 aliphatic heterocycles. The van der Waals surface area contributed by atoms with Gasteiger partial charge in [-0.2, -0.15) is 0 Å². The van der Waals surface area contributed by atoms with Crippen LogP contribution in [0.1, 0.15) is 16.1 Å². The second kappa shape index (κ2) is 6.23. The highest BCUT2D eigenvalue weighted by atomic mass is 32.2. The number of aryl methyl sites for hydroxylation is 2. The fourth-order valence-electron chi connectivity index (χ4n) is 1.40. The lowest BCUT2D eigenvalue weighted by atomic mass is 10.3. The van der Waals surface area contributed by atoms with Crippen LogP contribution in [-0.2, 0) is 6.54 Å². The zero-order valence-electron chi connectivity index (χ0n) is 10.0. The van der Waals surface area contributed by atoms with Gasteiger partial charge in [-0.1, -0.05) is 11.8 Å². The number of thiophene rings is 1. The molecule has 0 spiro atoms. The Bertz CT molecular complexity index is 465. The molecular formula is C12H16N2OS2. The van der Waals surface area contributed by atoms with Crippen LogP contribution in [0, 0.1) is 13.8 Å². The van der Waals surface area contributed by atoms with E-state index < -0.39 is 0 Å². The molecule has 2 aromatic rings. The van der Waals surface area contributed by atoms with Gasteiger partial charge in [-0.3, -0.25) is 0 Å². The number of aromatic nitrogens is 1. The van der Waals surface area contributed by atoms with Crippen LogP contribution in [0.15, 0.2) is 27.3 Å². The molecule has 92 valence electrons. The minimum Gasteiger partial charge on any atom is -0.440 e. The Labute approximate surface area is 110 Å². The lowest BCUT2D eigenvalue weighted by molar-refractivity contribution is 0.454. The zero-order chi connectivity index (χ0) is 12.1. The van der Waals surface area contributed by atoms with Crippen molar-refractivity contribution < 1.29 is 4.42 Å². The number of hydrogen-bond acceptors (Lipinski definition) is 5. The molecule has 5 heteroatoms. The summed E-state index contributed by atoms with van der Waals surface area (Å²) in [6.45, 7) is 6.00. The van der Waals surface area contributed by atoms with E-state index in [4.69, 9.17) is 4.42 Å². The molecule has 0 saturated heterocycles. The van der Waals surface area contributed by atoms with Crippen molar-refractivity contribution in [1.29, 1.82) is 0 Å². The molecular weight excluding hydrogens is 252 g/mol. The molecule has 2 rings (SSSR count). The predicted octanol–water partition coefficient (Wildman–Crippen LogP) is 3.23. The van der Waals surface area contributed by atoms with E-state index in [0.717, 1.165) is 29.8 Å².